The zero-order valence-corrected chi connectivity index (χ0v) is 16.2. The highest BCUT2D eigenvalue weighted by Gasteiger charge is 2.43. The molecule has 8 heteroatoms. The minimum absolute atomic E-state index is 0.157. The van der Waals surface area contributed by atoms with Gasteiger partial charge in [-0.2, -0.15) is 5.10 Å². The van der Waals surface area contributed by atoms with Gasteiger partial charge in [0, 0.05) is 15.8 Å². The van der Waals surface area contributed by atoms with Gasteiger partial charge >= 0.3 is 0 Å². The number of benzene rings is 1. The van der Waals surface area contributed by atoms with Crippen molar-refractivity contribution in [3.63, 3.8) is 0 Å². The van der Waals surface area contributed by atoms with Gasteiger partial charge in [-0.15, -0.1) is 11.3 Å². The number of hydrogen-bond acceptors (Lipinski definition) is 5. The van der Waals surface area contributed by atoms with Gasteiger partial charge in [-0.3, -0.25) is 20.0 Å². The number of aryl methyl sites for hydroxylation is 2. The number of nitrogens with zero attached hydrogens (tertiary/aromatic N) is 2. The topological polar surface area (TPSA) is 99.8 Å². The van der Waals surface area contributed by atoms with E-state index in [0.29, 0.717) is 23.5 Å². The minimum Gasteiger partial charge on any atom is -0.338 e. The zero-order valence-electron chi connectivity index (χ0n) is 15.4. The van der Waals surface area contributed by atoms with Gasteiger partial charge < -0.3 is 5.32 Å². The predicted octanol–water partition coefficient (Wildman–Crippen LogP) is 3.19. The fourth-order valence-electron chi connectivity index (χ4n) is 4.22. The molecular formula is C20H21N5O2S. The summed E-state index contributed by atoms with van der Waals surface area (Å²) in [5, 5.41) is 14.4. The van der Waals surface area contributed by atoms with Crippen LogP contribution in [0.2, 0.25) is 0 Å². The second-order valence-corrected chi connectivity index (χ2v) is 8.70. The maximum atomic E-state index is 13.1. The standard InChI is InChI=1S/C20H21N5O2S/c26-17(12-6-7-14-13(10-12)11-21-25-14)24-20(8-1-2-9-20)18(27)23-19-22-15-4-3-5-16(15)28-19/h6-7,10-11H,1-5,8-9H2,(H,21,25)(H,24,26)(H,22,23,27). The highest BCUT2D eigenvalue weighted by atomic mass is 32.1. The summed E-state index contributed by atoms with van der Waals surface area (Å²) in [5.74, 6) is -0.392. The lowest BCUT2D eigenvalue weighted by Gasteiger charge is -2.28. The Balaban J connectivity index is 1.36. The van der Waals surface area contributed by atoms with Crippen LogP contribution in [0.3, 0.4) is 0 Å². The summed E-state index contributed by atoms with van der Waals surface area (Å²) in [4.78, 5) is 31.9. The van der Waals surface area contributed by atoms with Crippen molar-refractivity contribution in [2.75, 3.05) is 5.32 Å². The summed E-state index contributed by atoms with van der Waals surface area (Å²) in [5.41, 5.74) is 1.64. The highest BCUT2D eigenvalue weighted by molar-refractivity contribution is 7.15. The third-order valence-electron chi connectivity index (χ3n) is 5.76. The molecule has 5 rings (SSSR count). The van der Waals surface area contributed by atoms with Crippen LogP contribution in [0, 0.1) is 0 Å². The first-order chi connectivity index (χ1) is 13.6. The molecule has 7 nitrogen and oxygen atoms in total. The van der Waals surface area contributed by atoms with Crippen molar-refractivity contribution in [3.8, 4) is 0 Å². The normalized spacial score (nSPS) is 17.6. The molecule has 0 saturated heterocycles. The third kappa shape index (κ3) is 2.97. The maximum Gasteiger partial charge on any atom is 0.252 e. The molecule has 2 heterocycles. The van der Waals surface area contributed by atoms with E-state index in [9.17, 15) is 9.59 Å². The lowest BCUT2D eigenvalue weighted by Crippen LogP contribution is -2.55. The van der Waals surface area contributed by atoms with Gasteiger partial charge in [0.15, 0.2) is 5.13 Å². The number of H-pyrrole nitrogens is 1. The van der Waals surface area contributed by atoms with E-state index in [1.807, 2.05) is 6.07 Å². The number of carbonyl (C=O) groups excluding carboxylic acids is 2. The van der Waals surface area contributed by atoms with Crippen LogP contribution in [0.25, 0.3) is 10.9 Å². The summed E-state index contributed by atoms with van der Waals surface area (Å²) < 4.78 is 0. The van der Waals surface area contributed by atoms with Crippen LogP contribution < -0.4 is 10.6 Å². The van der Waals surface area contributed by atoms with Crippen molar-refractivity contribution in [2.24, 2.45) is 0 Å². The molecule has 144 valence electrons. The summed E-state index contributed by atoms with van der Waals surface area (Å²) in [6, 6.07) is 5.37. The van der Waals surface area contributed by atoms with E-state index in [0.717, 1.165) is 48.7 Å². The van der Waals surface area contributed by atoms with Gasteiger partial charge in [0.1, 0.15) is 5.54 Å². The molecule has 3 N–H and O–H groups in total. The van der Waals surface area contributed by atoms with Gasteiger partial charge in [-0.25, -0.2) is 4.98 Å². The Morgan fingerprint density at radius 3 is 2.82 bits per heavy atom. The van der Waals surface area contributed by atoms with Gasteiger partial charge in [0.25, 0.3) is 11.8 Å². The van der Waals surface area contributed by atoms with Crippen LogP contribution >= 0.6 is 11.3 Å². The average Bonchev–Trinajstić information content (AvgIpc) is 3.45. The van der Waals surface area contributed by atoms with Gasteiger partial charge in [0.05, 0.1) is 17.4 Å². The molecule has 3 aromatic rings. The van der Waals surface area contributed by atoms with Gasteiger partial charge in [-0.05, 0) is 50.3 Å². The SMILES string of the molecule is O=C(NC1(C(=O)Nc2nc3c(s2)CCC3)CCCC1)c1ccc2[nH]ncc2c1. The lowest BCUT2D eigenvalue weighted by atomic mass is 9.95. The number of rotatable bonds is 4. The largest absolute Gasteiger partial charge is 0.338 e. The second kappa shape index (κ2) is 6.70. The molecule has 2 amide bonds. The Bertz CT molecular complexity index is 1040. The zero-order chi connectivity index (χ0) is 19.1. The number of carbonyl (C=O) groups is 2. The number of aromatic nitrogens is 3. The third-order valence-corrected chi connectivity index (χ3v) is 6.84. The Kier molecular flexibility index (Phi) is 4.16. The minimum atomic E-state index is -0.876. The van der Waals surface area contributed by atoms with E-state index >= 15 is 0 Å². The van der Waals surface area contributed by atoms with E-state index in [-0.39, 0.29) is 11.8 Å². The van der Waals surface area contributed by atoms with Crippen molar-refractivity contribution in [3.05, 3.63) is 40.5 Å². The molecule has 1 saturated carbocycles. The Morgan fingerprint density at radius 1 is 1.14 bits per heavy atom. The maximum absolute atomic E-state index is 13.1. The molecule has 2 aliphatic carbocycles. The summed E-state index contributed by atoms with van der Waals surface area (Å²) in [7, 11) is 0. The van der Waals surface area contributed by atoms with Crippen molar-refractivity contribution >= 4 is 39.2 Å². The van der Waals surface area contributed by atoms with E-state index in [2.05, 4.69) is 25.8 Å². The number of thiazole rings is 1. The molecule has 28 heavy (non-hydrogen) atoms. The molecule has 2 aliphatic rings. The van der Waals surface area contributed by atoms with Crippen LogP contribution in [-0.4, -0.2) is 32.5 Å². The molecule has 0 spiro atoms. The van der Waals surface area contributed by atoms with E-state index in [1.54, 1.807) is 29.7 Å². The first-order valence-electron chi connectivity index (χ1n) is 9.69. The van der Waals surface area contributed by atoms with Crippen molar-refractivity contribution in [1.29, 1.82) is 0 Å². The first-order valence-corrected chi connectivity index (χ1v) is 10.5. The second-order valence-electron chi connectivity index (χ2n) is 7.61. The van der Waals surface area contributed by atoms with Gasteiger partial charge in [0.2, 0.25) is 0 Å². The molecule has 2 aromatic heterocycles. The highest BCUT2D eigenvalue weighted by Crippen LogP contribution is 2.34. The number of fused-ring (bicyclic) bond motifs is 2. The Hall–Kier alpha value is -2.74. The molecule has 0 bridgehead atoms. The Morgan fingerprint density at radius 2 is 2.00 bits per heavy atom. The average molecular weight is 395 g/mol. The molecular weight excluding hydrogens is 374 g/mol. The van der Waals surface area contributed by atoms with Crippen LogP contribution in [0.1, 0.15) is 53.0 Å². The monoisotopic (exact) mass is 395 g/mol. The van der Waals surface area contributed by atoms with E-state index in [1.165, 1.54) is 4.88 Å². The van der Waals surface area contributed by atoms with Crippen LogP contribution in [0.5, 0.6) is 0 Å². The summed E-state index contributed by atoms with van der Waals surface area (Å²) >= 11 is 1.56. The summed E-state index contributed by atoms with van der Waals surface area (Å²) in [6.45, 7) is 0. The van der Waals surface area contributed by atoms with Crippen molar-refractivity contribution in [1.82, 2.24) is 20.5 Å². The molecule has 0 unspecified atom stereocenters. The molecule has 0 aliphatic heterocycles. The fraction of sp³-hybridized carbons (Fsp3) is 0.400. The smallest absolute Gasteiger partial charge is 0.252 e. The Labute approximate surface area is 165 Å². The molecule has 1 aromatic carbocycles. The van der Waals surface area contributed by atoms with Crippen molar-refractivity contribution in [2.45, 2.75) is 50.5 Å². The number of amides is 2. The van der Waals surface area contributed by atoms with E-state index in [4.69, 9.17) is 0 Å². The lowest BCUT2D eigenvalue weighted by molar-refractivity contribution is -0.122. The van der Waals surface area contributed by atoms with E-state index < -0.39 is 5.54 Å². The van der Waals surface area contributed by atoms with Crippen LogP contribution in [-0.2, 0) is 17.6 Å². The quantitative estimate of drug-likeness (QED) is 0.632. The fourth-order valence-corrected chi connectivity index (χ4v) is 5.27. The van der Waals surface area contributed by atoms with Crippen LogP contribution in [0.4, 0.5) is 5.13 Å². The first kappa shape index (κ1) is 17.4. The van der Waals surface area contributed by atoms with Crippen molar-refractivity contribution < 1.29 is 9.59 Å². The number of anilines is 1. The van der Waals surface area contributed by atoms with Crippen LogP contribution in [0.15, 0.2) is 24.4 Å². The molecule has 0 radical (unpaired) electrons. The summed E-state index contributed by atoms with van der Waals surface area (Å²) in [6.07, 6.45) is 7.98. The molecule has 1 fully saturated rings. The molecule has 0 atom stereocenters. The predicted molar refractivity (Wildman–Crippen MR) is 108 cm³/mol. The number of nitrogens with one attached hydrogen (secondary N) is 3. The number of aromatic amines is 1. The number of hydrogen-bond donors (Lipinski definition) is 3. The van der Waals surface area contributed by atoms with Gasteiger partial charge in [-0.1, -0.05) is 12.8 Å².